The lowest BCUT2D eigenvalue weighted by Gasteiger charge is -2.39. The van der Waals surface area contributed by atoms with Crippen molar-refractivity contribution in [3.8, 4) is 0 Å². The summed E-state index contributed by atoms with van der Waals surface area (Å²) in [7, 11) is -2.92. The first-order valence-corrected chi connectivity index (χ1v) is 17.0. The van der Waals surface area contributed by atoms with Gasteiger partial charge in [0.25, 0.3) is 0 Å². The minimum absolute atomic E-state index is 1.35. The highest BCUT2D eigenvalue weighted by atomic mass is 19.1. The van der Waals surface area contributed by atoms with Crippen LogP contribution in [-0.4, -0.2) is 68.7 Å². The Hall–Kier alpha value is -0.205. The summed E-state index contributed by atoms with van der Waals surface area (Å²) in [5.41, 5.74) is 0. The fraction of sp³-hybridized carbons (Fsp3) is 1.00. The smallest absolute Gasteiger partial charge is 0.388 e. The van der Waals surface area contributed by atoms with Gasteiger partial charge >= 0.3 is 7.40 Å². The van der Waals surface area contributed by atoms with Crippen molar-refractivity contribution < 1.29 is 28.4 Å². The number of halogens is 1. The molecular formula is C32H72BFN2O3. The van der Waals surface area contributed by atoms with Gasteiger partial charge in [-0.15, -0.1) is 0 Å². The molecule has 0 aliphatic heterocycles. The van der Waals surface area contributed by atoms with E-state index in [-0.39, 0.29) is 0 Å². The summed E-state index contributed by atoms with van der Waals surface area (Å²) in [6.07, 6.45) is 22.1. The van der Waals surface area contributed by atoms with Gasteiger partial charge < -0.3 is 28.4 Å². The molecule has 0 amide bonds. The molecule has 0 N–H and O–H groups in total. The second-order valence-corrected chi connectivity index (χ2v) is 11.7. The molecule has 238 valence electrons. The van der Waals surface area contributed by atoms with Gasteiger partial charge in [0.2, 0.25) is 0 Å². The van der Waals surface area contributed by atoms with Gasteiger partial charge in [0, 0.05) is 0 Å². The van der Waals surface area contributed by atoms with E-state index in [0.717, 1.165) is 0 Å². The van der Waals surface area contributed by atoms with E-state index in [9.17, 15) is 4.32 Å². The summed E-state index contributed by atoms with van der Waals surface area (Å²) in [5.74, 6) is 0. The summed E-state index contributed by atoms with van der Waals surface area (Å²) in [6, 6.07) is 0. The molecule has 0 aliphatic rings. The third-order valence-corrected chi connectivity index (χ3v) is 7.96. The average Bonchev–Trinajstić information content (AvgIpc) is 2.96. The lowest BCUT2D eigenvalue weighted by atomic mass is 10.1. The first kappa shape index (κ1) is 43.3. The summed E-state index contributed by atoms with van der Waals surface area (Å²) < 4.78 is 13.2. The molecule has 0 aliphatic carbocycles. The Morgan fingerprint density at radius 2 is 0.564 bits per heavy atom. The van der Waals surface area contributed by atoms with Crippen molar-refractivity contribution in [2.75, 3.05) is 52.4 Å². The van der Waals surface area contributed by atoms with E-state index >= 15 is 0 Å². The second kappa shape index (κ2) is 32.3. The quantitative estimate of drug-likeness (QED) is 0.0498. The molecule has 0 bridgehead atoms. The van der Waals surface area contributed by atoms with Crippen LogP contribution in [0.2, 0.25) is 0 Å². The van der Waals surface area contributed by atoms with E-state index in [0.29, 0.717) is 0 Å². The summed E-state index contributed by atoms with van der Waals surface area (Å²) in [4.78, 5) is 2.28. The fourth-order valence-electron chi connectivity index (χ4n) is 5.29. The van der Waals surface area contributed by atoms with Crippen molar-refractivity contribution in [3.63, 3.8) is 0 Å². The maximum Gasteiger partial charge on any atom is 0.388 e. The zero-order valence-corrected chi connectivity index (χ0v) is 28.0. The topological polar surface area (TPSA) is 55.3 Å². The van der Waals surface area contributed by atoms with Gasteiger partial charge in [0.05, 0.1) is 52.4 Å². The summed E-state index contributed by atoms with van der Waals surface area (Å²) >= 11 is 0. The van der Waals surface area contributed by atoms with Crippen molar-refractivity contribution in [3.05, 3.63) is 0 Å². The largest absolute Gasteiger partial charge is 0.828 e. The van der Waals surface area contributed by atoms with Gasteiger partial charge in [-0.1, -0.05) is 107 Å². The Kier molecular flexibility index (Phi) is 35.8. The van der Waals surface area contributed by atoms with E-state index in [2.05, 4.69) is 60.2 Å². The zero-order valence-electron chi connectivity index (χ0n) is 28.0. The monoisotopic (exact) mass is 563 g/mol. The van der Waals surface area contributed by atoms with Gasteiger partial charge in [-0.05, 0) is 51.4 Å². The summed E-state index contributed by atoms with van der Waals surface area (Å²) in [5, 5.41) is 17.1. The third-order valence-electron chi connectivity index (χ3n) is 7.96. The van der Waals surface area contributed by atoms with Crippen LogP contribution < -0.4 is 10.3 Å². The Bertz CT molecular complexity index is 348. The van der Waals surface area contributed by atoms with Crippen LogP contribution in [0.1, 0.15) is 158 Å². The van der Waals surface area contributed by atoms with E-state index in [1.54, 1.807) is 0 Å². The van der Waals surface area contributed by atoms with Crippen molar-refractivity contribution in [2.24, 2.45) is 0 Å². The minimum Gasteiger partial charge on any atom is -0.828 e. The number of unbranched alkanes of at least 4 members (excludes halogenated alkanes) is 8. The number of nitrogens with zero attached hydrogens (tertiary/aromatic N) is 2. The number of quaternary nitrogens is 2. The first-order valence-electron chi connectivity index (χ1n) is 17.0. The van der Waals surface area contributed by atoms with Crippen LogP contribution in [0.4, 0.5) is 4.32 Å². The molecule has 0 saturated carbocycles. The molecule has 0 heterocycles. The third kappa shape index (κ3) is 27.7. The van der Waals surface area contributed by atoms with Crippen molar-refractivity contribution in [2.45, 2.75) is 158 Å². The normalized spacial score (nSPS) is 11.5. The fourth-order valence-corrected chi connectivity index (χ4v) is 5.29. The second-order valence-electron chi connectivity index (χ2n) is 11.7. The van der Waals surface area contributed by atoms with E-state index < -0.39 is 7.40 Å². The Balaban J connectivity index is -0.000000566. The van der Waals surface area contributed by atoms with E-state index in [1.165, 1.54) is 164 Å². The lowest BCUT2D eigenvalue weighted by molar-refractivity contribution is -0.929. The molecule has 0 fully saturated rings. The molecule has 0 aromatic rings. The Morgan fingerprint density at radius 3 is 0.641 bits per heavy atom. The van der Waals surface area contributed by atoms with Crippen LogP contribution in [0, 0.1) is 0 Å². The maximum absolute atomic E-state index is 10.3. The predicted octanol–water partition coefficient (Wildman–Crippen LogP) is 7.60. The molecule has 0 spiro atoms. The van der Waals surface area contributed by atoms with Crippen LogP contribution in [0.15, 0.2) is 0 Å². The predicted molar refractivity (Wildman–Crippen MR) is 167 cm³/mol. The standard InChI is InChI=1S/2C16H36N.BFHO3/c2*1-5-9-13-17(14-10-6-2,15-11-7-3)16-12-8-4;2-1(3)5-4/h2*5-16H2,1-4H3;4H/q2*+1;-1/p-1. The van der Waals surface area contributed by atoms with Crippen LogP contribution in [0.3, 0.4) is 0 Å². The SMILES string of the molecule is CCCC[N+](CCCC)(CCCC)CCCC.CCCC[N+](CCCC)(CCCC)CCCC.[O-]OB([O-])F. The molecule has 0 saturated heterocycles. The molecule has 0 radical (unpaired) electrons. The number of rotatable bonds is 25. The van der Waals surface area contributed by atoms with Gasteiger partial charge in [0.15, 0.2) is 0 Å². The van der Waals surface area contributed by atoms with Crippen LogP contribution in [0.5, 0.6) is 0 Å². The highest BCUT2D eigenvalue weighted by molar-refractivity contribution is 6.30. The molecule has 7 heteroatoms. The molecule has 0 rings (SSSR count). The Labute approximate surface area is 246 Å². The molecule has 5 nitrogen and oxygen atoms in total. The average molecular weight is 563 g/mol. The van der Waals surface area contributed by atoms with Gasteiger partial charge in [0.1, 0.15) is 0 Å². The number of hydrogen-bond acceptors (Lipinski definition) is 3. The van der Waals surface area contributed by atoms with Crippen LogP contribution in [-0.2, 0) is 4.81 Å². The maximum atomic E-state index is 10.3. The Morgan fingerprint density at radius 1 is 0.436 bits per heavy atom. The van der Waals surface area contributed by atoms with E-state index in [4.69, 9.17) is 10.3 Å². The van der Waals surface area contributed by atoms with Crippen molar-refractivity contribution in [1.82, 2.24) is 0 Å². The molecule has 0 unspecified atom stereocenters. The van der Waals surface area contributed by atoms with Crippen LogP contribution >= 0.6 is 0 Å². The lowest BCUT2D eigenvalue weighted by Crippen LogP contribution is -2.50. The molecular weight excluding hydrogens is 490 g/mol. The van der Waals surface area contributed by atoms with Crippen LogP contribution in [0.25, 0.3) is 0 Å². The molecule has 0 aromatic carbocycles. The van der Waals surface area contributed by atoms with Gasteiger partial charge in [-0.2, -0.15) is 0 Å². The number of hydrogen-bond donors (Lipinski definition) is 0. The minimum atomic E-state index is -2.92. The first-order chi connectivity index (χ1) is 18.8. The molecule has 0 aromatic heterocycles. The summed E-state index contributed by atoms with van der Waals surface area (Å²) in [6.45, 7) is 30.0. The van der Waals surface area contributed by atoms with E-state index in [1.807, 2.05) is 0 Å². The van der Waals surface area contributed by atoms with Crippen molar-refractivity contribution >= 4 is 7.40 Å². The highest BCUT2D eigenvalue weighted by Gasteiger charge is 2.25. The highest BCUT2D eigenvalue weighted by Crippen LogP contribution is 2.17. The molecule has 39 heavy (non-hydrogen) atoms. The molecule has 0 atom stereocenters. The zero-order chi connectivity index (χ0) is 30.3. The van der Waals surface area contributed by atoms with Gasteiger partial charge in [-0.3, -0.25) is 0 Å². The van der Waals surface area contributed by atoms with Crippen molar-refractivity contribution in [1.29, 1.82) is 0 Å². The van der Waals surface area contributed by atoms with Gasteiger partial charge in [-0.25, -0.2) is 0 Å².